The smallest absolute Gasteiger partial charge is 0.312 e. The van der Waals surface area contributed by atoms with Crippen molar-refractivity contribution in [3.8, 4) is 5.75 Å². The molecule has 2 aromatic carbocycles. The summed E-state index contributed by atoms with van der Waals surface area (Å²) in [7, 11) is -2.76. The minimum atomic E-state index is -4.09. The molecule has 0 bridgehead atoms. The lowest BCUT2D eigenvalue weighted by atomic mass is 10.2. The number of amides is 3. The molecule has 0 saturated carbocycles. The zero-order valence-electron chi connectivity index (χ0n) is 16.8. The molecule has 2 aromatic rings. The van der Waals surface area contributed by atoms with Crippen molar-refractivity contribution in [3.63, 3.8) is 0 Å². The zero-order valence-corrected chi connectivity index (χ0v) is 19.2. The number of nitrogens with one attached hydrogen (secondary N) is 3. The Morgan fingerprint density at radius 3 is 2.55 bits per heavy atom. The highest BCUT2D eigenvalue weighted by molar-refractivity contribution is 7.98. The van der Waals surface area contributed by atoms with Gasteiger partial charge in [-0.25, -0.2) is 13.2 Å². The van der Waals surface area contributed by atoms with Crippen molar-refractivity contribution in [1.82, 2.24) is 5.32 Å². The predicted octanol–water partition coefficient (Wildman–Crippen LogP) is 2.88. The first-order chi connectivity index (χ1) is 14.7. The van der Waals surface area contributed by atoms with Gasteiger partial charge in [-0.15, -0.1) is 0 Å². The Balaban J connectivity index is 2.31. The molecule has 0 spiro atoms. The molecule has 3 amide bonds. The van der Waals surface area contributed by atoms with Crippen LogP contribution in [0.3, 0.4) is 0 Å². The van der Waals surface area contributed by atoms with E-state index in [0.717, 1.165) is 0 Å². The van der Waals surface area contributed by atoms with Crippen LogP contribution in [0.25, 0.3) is 0 Å². The lowest BCUT2D eigenvalue weighted by molar-refractivity contribution is -0.117. The van der Waals surface area contributed by atoms with E-state index in [2.05, 4.69) is 15.4 Å². The number of primary amides is 1. The Kier molecular flexibility index (Phi) is 8.84. The van der Waals surface area contributed by atoms with E-state index >= 15 is 0 Å². The average molecular weight is 487 g/mol. The molecule has 5 N–H and O–H groups in total. The van der Waals surface area contributed by atoms with Crippen LogP contribution in [0.2, 0.25) is 5.02 Å². The quantitative estimate of drug-likeness (QED) is 0.407. The number of carbonyl (C=O) groups is 2. The summed E-state index contributed by atoms with van der Waals surface area (Å²) in [5.41, 5.74) is 5.55. The molecule has 0 radical (unpaired) electrons. The number of anilines is 2. The van der Waals surface area contributed by atoms with Crippen molar-refractivity contribution < 1.29 is 22.7 Å². The first kappa shape index (κ1) is 24.6. The monoisotopic (exact) mass is 486 g/mol. The van der Waals surface area contributed by atoms with Gasteiger partial charge >= 0.3 is 6.03 Å². The lowest BCUT2D eigenvalue weighted by Crippen LogP contribution is -2.46. The highest BCUT2D eigenvalue weighted by Crippen LogP contribution is 2.30. The summed E-state index contributed by atoms with van der Waals surface area (Å²) >= 11 is 7.55. The fraction of sp³-hybridized carbons (Fsp3) is 0.263. The van der Waals surface area contributed by atoms with Crippen LogP contribution < -0.4 is 25.8 Å². The number of methoxy groups -OCH3 is 1. The van der Waals surface area contributed by atoms with Crippen LogP contribution in [0.5, 0.6) is 5.75 Å². The van der Waals surface area contributed by atoms with Gasteiger partial charge in [0, 0.05) is 5.69 Å². The van der Waals surface area contributed by atoms with Gasteiger partial charge in [0.2, 0.25) is 5.91 Å². The Hall–Kier alpha value is -2.63. The van der Waals surface area contributed by atoms with Crippen molar-refractivity contribution in [3.05, 3.63) is 47.5 Å². The second kappa shape index (κ2) is 11.1. The van der Waals surface area contributed by atoms with Crippen molar-refractivity contribution in [2.45, 2.75) is 17.4 Å². The molecule has 0 aliphatic rings. The molecule has 0 saturated heterocycles. The zero-order chi connectivity index (χ0) is 23.0. The van der Waals surface area contributed by atoms with Crippen molar-refractivity contribution in [1.29, 1.82) is 0 Å². The summed E-state index contributed by atoms with van der Waals surface area (Å²) in [5, 5.41) is 5.21. The van der Waals surface area contributed by atoms with E-state index in [4.69, 9.17) is 22.1 Å². The van der Waals surface area contributed by atoms with Gasteiger partial charge in [0.15, 0.2) is 0 Å². The van der Waals surface area contributed by atoms with Crippen molar-refractivity contribution in [2.24, 2.45) is 5.73 Å². The lowest BCUT2D eigenvalue weighted by Gasteiger charge is -2.18. The molecule has 2 rings (SSSR count). The van der Waals surface area contributed by atoms with E-state index in [9.17, 15) is 18.0 Å². The van der Waals surface area contributed by atoms with E-state index in [1.54, 1.807) is 18.2 Å². The third kappa shape index (κ3) is 6.94. The van der Waals surface area contributed by atoms with Gasteiger partial charge in [-0.2, -0.15) is 11.8 Å². The normalized spacial score (nSPS) is 12.0. The molecule has 9 nitrogen and oxygen atoms in total. The molecule has 0 aromatic heterocycles. The largest absolute Gasteiger partial charge is 0.495 e. The minimum absolute atomic E-state index is 0.0757. The maximum Gasteiger partial charge on any atom is 0.312 e. The SMILES string of the molecule is COc1ccc(NC(=O)[C@H](CCSC)NC(N)=O)cc1S(=O)(=O)Nc1ccccc1Cl. The molecule has 0 heterocycles. The second-order valence-electron chi connectivity index (χ2n) is 6.28. The van der Waals surface area contributed by atoms with Crippen LogP contribution in [0.15, 0.2) is 47.4 Å². The summed E-state index contributed by atoms with van der Waals surface area (Å²) in [5.74, 6) is 0.162. The van der Waals surface area contributed by atoms with Crippen LogP contribution in [-0.2, 0) is 14.8 Å². The number of urea groups is 1. The highest BCUT2D eigenvalue weighted by atomic mass is 35.5. The number of carbonyl (C=O) groups excluding carboxylic acids is 2. The van der Waals surface area contributed by atoms with Gasteiger partial charge in [0.25, 0.3) is 10.0 Å². The molecule has 12 heteroatoms. The van der Waals surface area contributed by atoms with E-state index in [-0.39, 0.29) is 27.0 Å². The fourth-order valence-electron chi connectivity index (χ4n) is 2.61. The number of thioether (sulfide) groups is 1. The van der Waals surface area contributed by atoms with Gasteiger partial charge in [-0.05, 0) is 48.8 Å². The van der Waals surface area contributed by atoms with Gasteiger partial charge < -0.3 is 21.1 Å². The fourth-order valence-corrected chi connectivity index (χ4v) is 4.60. The highest BCUT2D eigenvalue weighted by Gasteiger charge is 2.24. The standard InChI is InChI=1S/C19H23ClN4O5S2/c1-29-16-8-7-12(22-18(25)15(9-10-30-2)23-19(21)26)11-17(16)31(27,28)24-14-6-4-3-5-13(14)20/h3-8,11,15,24H,9-10H2,1-2H3,(H,22,25)(H3,21,23,26)/t15-/m0/s1. The first-order valence-electron chi connectivity index (χ1n) is 8.99. The number of rotatable bonds is 10. The van der Waals surface area contributed by atoms with E-state index < -0.39 is 28.0 Å². The number of halogens is 1. The number of sulfonamides is 1. The minimum Gasteiger partial charge on any atom is -0.495 e. The summed E-state index contributed by atoms with van der Waals surface area (Å²) < 4.78 is 33.5. The molecule has 0 aliphatic heterocycles. The topological polar surface area (TPSA) is 140 Å². The molecule has 1 atom stereocenters. The van der Waals surface area contributed by atoms with Gasteiger partial charge in [-0.1, -0.05) is 23.7 Å². The van der Waals surface area contributed by atoms with E-state index in [0.29, 0.717) is 12.2 Å². The number of ether oxygens (including phenoxy) is 1. The Morgan fingerprint density at radius 1 is 1.23 bits per heavy atom. The first-order valence-corrected chi connectivity index (χ1v) is 12.2. The van der Waals surface area contributed by atoms with E-state index in [1.807, 2.05) is 6.26 Å². The molecule has 0 aliphatic carbocycles. The summed E-state index contributed by atoms with van der Waals surface area (Å²) in [6.07, 6.45) is 2.22. The van der Waals surface area contributed by atoms with Crippen LogP contribution in [0, 0.1) is 0 Å². The summed E-state index contributed by atoms with van der Waals surface area (Å²) in [6.45, 7) is 0. The Morgan fingerprint density at radius 2 is 1.94 bits per heavy atom. The Bertz CT molecular complexity index is 1050. The van der Waals surface area contributed by atoms with Gasteiger partial charge in [0.1, 0.15) is 16.7 Å². The molecular weight excluding hydrogens is 464 g/mol. The van der Waals surface area contributed by atoms with Crippen LogP contribution >= 0.6 is 23.4 Å². The van der Waals surface area contributed by atoms with Gasteiger partial charge in [-0.3, -0.25) is 9.52 Å². The molecular formula is C19H23ClN4O5S2. The van der Waals surface area contributed by atoms with Crippen molar-refractivity contribution >= 4 is 56.7 Å². The average Bonchev–Trinajstić information content (AvgIpc) is 2.72. The number of hydrogen-bond donors (Lipinski definition) is 4. The summed E-state index contributed by atoms with van der Waals surface area (Å²) in [4.78, 5) is 23.6. The van der Waals surface area contributed by atoms with Crippen LogP contribution in [0.1, 0.15) is 6.42 Å². The number of hydrogen-bond acceptors (Lipinski definition) is 6. The summed E-state index contributed by atoms with van der Waals surface area (Å²) in [6, 6.07) is 8.83. The maximum absolute atomic E-state index is 13.0. The van der Waals surface area contributed by atoms with E-state index in [1.165, 1.54) is 43.1 Å². The Labute approximate surface area is 190 Å². The van der Waals surface area contributed by atoms with Crippen LogP contribution in [0.4, 0.5) is 16.2 Å². The molecule has 0 fully saturated rings. The maximum atomic E-state index is 13.0. The third-order valence-corrected chi connectivity index (χ3v) is 6.44. The van der Waals surface area contributed by atoms with Crippen LogP contribution in [-0.4, -0.2) is 45.5 Å². The number of para-hydroxylation sites is 1. The molecule has 168 valence electrons. The van der Waals surface area contributed by atoms with Crippen molar-refractivity contribution in [2.75, 3.05) is 29.2 Å². The number of nitrogens with two attached hydrogens (primary N) is 1. The molecule has 0 unspecified atom stereocenters. The molecule has 31 heavy (non-hydrogen) atoms. The predicted molar refractivity (Wildman–Crippen MR) is 123 cm³/mol. The third-order valence-electron chi connectivity index (χ3n) is 4.08. The number of benzene rings is 2. The van der Waals surface area contributed by atoms with Gasteiger partial charge in [0.05, 0.1) is 17.8 Å². The second-order valence-corrected chi connectivity index (χ2v) is 9.33.